The van der Waals surface area contributed by atoms with E-state index in [0.29, 0.717) is 56.9 Å². The molecule has 1 saturated carbocycles. The third-order valence-electron chi connectivity index (χ3n) is 12.9. The molecule has 3 N–H and O–H groups in total. The third-order valence-corrected chi connectivity index (χ3v) is 12.9. The zero-order valence-electron chi connectivity index (χ0n) is 35.1. The lowest BCUT2D eigenvalue weighted by Crippen LogP contribution is -2.64. The highest BCUT2D eigenvalue weighted by Gasteiger charge is 2.56. The number of carbonyl (C=O) groups is 4. The molecular formula is C43H69NO12. The molecule has 3 aliphatic heterocycles. The van der Waals surface area contributed by atoms with Crippen molar-refractivity contribution in [2.45, 2.75) is 167 Å². The third kappa shape index (κ3) is 10.7. The van der Waals surface area contributed by atoms with Crippen LogP contribution in [0.1, 0.15) is 112 Å². The molecule has 0 aromatic heterocycles. The number of aliphatic hydroxyl groups is 3. The van der Waals surface area contributed by atoms with Crippen LogP contribution in [0, 0.1) is 29.6 Å². The standard InChI is InChI=1S/C43H69NO12/c1-10-30-18-24(2)17-25(3)19-36(53-8)39-37(54-9)21-27(5)43(51,56-39)40(48)41(49)44-16-12-11-13-31(44)42(50)55-38(28(6)33(46)23-34(30)47)26(4)20-29-14-15-32(45)35(22-29)52-7/h18,20,25,27-33,35-39,45-46,51H,10-17,19,21-23H2,1-9H3/b24-18+,26-20+/t25-,27+,28+,29-,30+,31-,32+,33-,35+,36-,37-,38+,39?,43+/m0/s1. The zero-order valence-corrected chi connectivity index (χ0v) is 35.1. The highest BCUT2D eigenvalue weighted by atomic mass is 16.7. The first-order chi connectivity index (χ1) is 26.5. The predicted molar refractivity (Wildman–Crippen MR) is 208 cm³/mol. The van der Waals surface area contributed by atoms with Crippen LogP contribution in [0.4, 0.5) is 0 Å². The van der Waals surface area contributed by atoms with Crippen LogP contribution in [0.25, 0.3) is 0 Å². The summed E-state index contributed by atoms with van der Waals surface area (Å²) in [6.07, 6.45) is 3.72. The molecule has 318 valence electrons. The van der Waals surface area contributed by atoms with E-state index in [2.05, 4.69) is 6.92 Å². The molecule has 0 radical (unpaired) electrons. The molecule has 13 nitrogen and oxygen atoms in total. The maximum Gasteiger partial charge on any atom is 0.329 e. The summed E-state index contributed by atoms with van der Waals surface area (Å²) < 4.78 is 29.7. The largest absolute Gasteiger partial charge is 0.456 e. The highest BCUT2D eigenvalue weighted by Crippen LogP contribution is 2.39. The van der Waals surface area contributed by atoms with E-state index in [4.69, 9.17) is 23.7 Å². The van der Waals surface area contributed by atoms with Crippen LogP contribution in [0.5, 0.6) is 0 Å². The van der Waals surface area contributed by atoms with Crippen molar-refractivity contribution in [1.82, 2.24) is 4.90 Å². The minimum Gasteiger partial charge on any atom is -0.456 e. The number of nitrogens with zero attached hydrogens (tertiary/aromatic N) is 1. The molecule has 14 atom stereocenters. The fraction of sp³-hybridized carbons (Fsp3) is 0.814. The van der Waals surface area contributed by atoms with Crippen molar-refractivity contribution in [3.8, 4) is 0 Å². The average Bonchev–Trinajstić information content (AvgIpc) is 3.18. The average molecular weight is 792 g/mol. The van der Waals surface area contributed by atoms with E-state index in [1.54, 1.807) is 21.0 Å². The Bertz CT molecular complexity index is 1430. The number of esters is 1. The van der Waals surface area contributed by atoms with E-state index in [-0.39, 0.29) is 49.5 Å². The summed E-state index contributed by atoms with van der Waals surface area (Å²) in [6.45, 7) is 11.3. The van der Waals surface area contributed by atoms with Gasteiger partial charge in [-0.15, -0.1) is 0 Å². The number of hydrogen-bond acceptors (Lipinski definition) is 12. The van der Waals surface area contributed by atoms with E-state index < -0.39 is 83.9 Å². The summed E-state index contributed by atoms with van der Waals surface area (Å²) in [4.78, 5) is 57.6. The van der Waals surface area contributed by atoms with Gasteiger partial charge in [0.1, 0.15) is 24.0 Å². The van der Waals surface area contributed by atoms with Gasteiger partial charge >= 0.3 is 5.97 Å². The SMILES string of the molecule is CC[C@@H]1/C=C(\C)C[C@H](C)C[C@H](OC)C2O[C@@](O)(C(=O)C(=O)N3CCCC[C@H]3C(=O)O[C@H](/C(C)=C/[C@@H]3CC[C@@H](O)[C@H](OC)C3)[C@H](C)[C@@H](O)CC1=O)[C@H](C)C[C@@H]2OC. The maximum atomic E-state index is 14.3. The molecule has 1 amide bonds. The van der Waals surface area contributed by atoms with Crippen molar-refractivity contribution in [2.75, 3.05) is 27.9 Å². The van der Waals surface area contributed by atoms with Crippen LogP contribution < -0.4 is 0 Å². The topological polar surface area (TPSA) is 178 Å². The molecule has 1 aliphatic carbocycles. The molecule has 56 heavy (non-hydrogen) atoms. The minimum absolute atomic E-state index is 0.000914. The summed E-state index contributed by atoms with van der Waals surface area (Å²) in [5.74, 6) is -7.50. The molecule has 0 aromatic carbocycles. The second kappa shape index (κ2) is 20.4. The Kier molecular flexibility index (Phi) is 16.9. The molecule has 3 fully saturated rings. The normalized spacial score (nSPS) is 41.6. The summed E-state index contributed by atoms with van der Waals surface area (Å²) in [6, 6.07) is -1.13. The number of amides is 1. The fourth-order valence-electron chi connectivity index (χ4n) is 9.39. The first-order valence-electron chi connectivity index (χ1n) is 20.8. The molecule has 1 unspecified atom stereocenters. The number of aliphatic hydroxyl groups excluding tert-OH is 2. The molecule has 2 bridgehead atoms. The Balaban J connectivity index is 1.76. The van der Waals surface area contributed by atoms with Crippen LogP contribution in [0.2, 0.25) is 0 Å². The van der Waals surface area contributed by atoms with Gasteiger partial charge in [-0.2, -0.15) is 0 Å². The minimum atomic E-state index is -2.50. The van der Waals surface area contributed by atoms with E-state index in [1.807, 2.05) is 32.9 Å². The highest BCUT2D eigenvalue weighted by molar-refractivity contribution is 6.39. The van der Waals surface area contributed by atoms with Gasteiger partial charge in [0.05, 0.1) is 30.5 Å². The van der Waals surface area contributed by atoms with Crippen LogP contribution in [0.15, 0.2) is 23.3 Å². The van der Waals surface area contributed by atoms with Crippen LogP contribution in [0.3, 0.4) is 0 Å². The van der Waals surface area contributed by atoms with Gasteiger partial charge in [0.2, 0.25) is 5.79 Å². The lowest BCUT2D eigenvalue weighted by atomic mass is 9.81. The Morgan fingerprint density at radius 1 is 0.911 bits per heavy atom. The molecule has 0 aromatic rings. The number of methoxy groups -OCH3 is 3. The number of fused-ring (bicyclic) bond motifs is 3. The van der Waals surface area contributed by atoms with Crippen LogP contribution in [-0.2, 0) is 42.9 Å². The monoisotopic (exact) mass is 791 g/mol. The molecule has 4 rings (SSSR count). The van der Waals surface area contributed by atoms with Gasteiger partial charge in [0.25, 0.3) is 11.7 Å². The number of allylic oxidation sites excluding steroid dienone is 3. The number of Topliss-reactive ketones (excluding diaryl/α,β-unsaturated/α-hetero) is 2. The van der Waals surface area contributed by atoms with Crippen molar-refractivity contribution < 1.29 is 58.2 Å². The van der Waals surface area contributed by atoms with E-state index in [9.17, 15) is 34.5 Å². The Hall–Kier alpha value is -2.52. The zero-order chi connectivity index (χ0) is 41.5. The van der Waals surface area contributed by atoms with Gasteiger partial charge in [-0.3, -0.25) is 14.4 Å². The maximum absolute atomic E-state index is 14.3. The van der Waals surface area contributed by atoms with Gasteiger partial charge in [0.15, 0.2) is 0 Å². The van der Waals surface area contributed by atoms with Gasteiger partial charge in [0, 0.05) is 52.0 Å². The Morgan fingerprint density at radius 2 is 1.57 bits per heavy atom. The lowest BCUT2D eigenvalue weighted by Gasteiger charge is -2.47. The molecule has 0 spiro atoms. The van der Waals surface area contributed by atoms with Crippen molar-refractivity contribution in [1.29, 1.82) is 0 Å². The number of hydrogen-bond donors (Lipinski definition) is 3. The molecule has 3 heterocycles. The van der Waals surface area contributed by atoms with E-state index in [1.165, 1.54) is 19.1 Å². The number of cyclic esters (lactones) is 1. The first kappa shape index (κ1) is 46.2. The van der Waals surface area contributed by atoms with Gasteiger partial charge in [-0.1, -0.05) is 45.4 Å². The molecular weight excluding hydrogens is 722 g/mol. The van der Waals surface area contributed by atoms with Crippen LogP contribution in [-0.4, -0.2) is 126 Å². The fourth-order valence-corrected chi connectivity index (χ4v) is 9.39. The quantitative estimate of drug-likeness (QED) is 0.196. The second-order valence-corrected chi connectivity index (χ2v) is 17.2. The molecule has 4 aliphatic rings. The number of rotatable bonds is 6. The van der Waals surface area contributed by atoms with Gasteiger partial charge in [-0.05, 0) is 95.5 Å². The van der Waals surface area contributed by atoms with E-state index >= 15 is 0 Å². The van der Waals surface area contributed by atoms with Crippen molar-refractivity contribution in [2.24, 2.45) is 29.6 Å². The van der Waals surface area contributed by atoms with Crippen molar-refractivity contribution in [3.05, 3.63) is 23.3 Å². The summed E-state index contributed by atoms with van der Waals surface area (Å²) in [7, 11) is 4.63. The number of piperidine rings is 1. The number of ether oxygens (including phenoxy) is 5. The van der Waals surface area contributed by atoms with Gasteiger partial charge < -0.3 is 43.9 Å². The number of carbonyl (C=O) groups excluding carboxylic acids is 4. The van der Waals surface area contributed by atoms with Crippen molar-refractivity contribution >= 4 is 23.4 Å². The molecule has 13 heteroatoms. The number of ketones is 2. The lowest BCUT2D eigenvalue weighted by molar-refractivity contribution is -0.302. The smallest absolute Gasteiger partial charge is 0.329 e. The van der Waals surface area contributed by atoms with Gasteiger partial charge in [-0.25, -0.2) is 4.79 Å². The first-order valence-corrected chi connectivity index (χ1v) is 20.8. The Morgan fingerprint density at radius 3 is 2.21 bits per heavy atom. The summed E-state index contributed by atoms with van der Waals surface area (Å²) in [5, 5.41) is 34.1. The Labute approximate surface area is 333 Å². The van der Waals surface area contributed by atoms with Crippen molar-refractivity contribution in [3.63, 3.8) is 0 Å². The van der Waals surface area contributed by atoms with E-state index in [0.717, 1.165) is 5.57 Å². The summed E-state index contributed by atoms with van der Waals surface area (Å²) >= 11 is 0. The van der Waals surface area contributed by atoms with Crippen LogP contribution >= 0.6 is 0 Å². The molecule has 2 saturated heterocycles. The predicted octanol–water partition coefficient (Wildman–Crippen LogP) is 4.47. The second-order valence-electron chi connectivity index (χ2n) is 17.2. The summed E-state index contributed by atoms with van der Waals surface area (Å²) in [5.41, 5.74) is 1.66.